The van der Waals surface area contributed by atoms with Crippen molar-refractivity contribution in [1.82, 2.24) is 29.6 Å². The molecule has 26 heavy (non-hydrogen) atoms. The summed E-state index contributed by atoms with van der Waals surface area (Å²) in [7, 11) is 1.57. The van der Waals surface area contributed by atoms with Crippen molar-refractivity contribution in [1.29, 1.82) is 0 Å². The first-order chi connectivity index (χ1) is 12.7. The Balaban J connectivity index is 1.30. The van der Waals surface area contributed by atoms with Crippen molar-refractivity contribution < 1.29 is 4.74 Å². The van der Waals surface area contributed by atoms with Gasteiger partial charge in [-0.2, -0.15) is 10.1 Å². The zero-order valence-electron chi connectivity index (χ0n) is 14.9. The molecule has 0 spiro atoms. The average Bonchev–Trinajstić information content (AvgIpc) is 2.69. The lowest BCUT2D eigenvalue weighted by Crippen LogP contribution is -2.57. The Morgan fingerprint density at radius 1 is 1.19 bits per heavy atom. The zero-order chi connectivity index (χ0) is 17.9. The molecule has 0 saturated carbocycles. The SMILES string of the molecule is Cn1ncc(OC[C@@H]2CC[C@@H]3CN(c4ncccn4)CCN3C2)nc1=O. The maximum atomic E-state index is 11.5. The topological polar surface area (TPSA) is 89.3 Å². The first-order valence-corrected chi connectivity index (χ1v) is 8.98. The van der Waals surface area contributed by atoms with Crippen LogP contribution in [0.5, 0.6) is 5.88 Å². The van der Waals surface area contributed by atoms with E-state index in [2.05, 4.69) is 29.9 Å². The fourth-order valence-electron chi connectivity index (χ4n) is 3.68. The van der Waals surface area contributed by atoms with Gasteiger partial charge in [0.2, 0.25) is 11.8 Å². The Labute approximate surface area is 151 Å². The Hall–Kier alpha value is -2.55. The van der Waals surface area contributed by atoms with E-state index >= 15 is 0 Å². The quantitative estimate of drug-likeness (QED) is 0.752. The number of piperazine rings is 1. The van der Waals surface area contributed by atoms with Crippen LogP contribution in [-0.4, -0.2) is 68.5 Å². The van der Waals surface area contributed by atoms with Gasteiger partial charge in [-0.1, -0.05) is 0 Å². The monoisotopic (exact) mass is 357 g/mol. The van der Waals surface area contributed by atoms with Gasteiger partial charge in [0.05, 0.1) is 6.61 Å². The Morgan fingerprint density at radius 3 is 2.85 bits per heavy atom. The smallest absolute Gasteiger partial charge is 0.366 e. The lowest BCUT2D eigenvalue weighted by Gasteiger charge is -2.46. The second-order valence-corrected chi connectivity index (χ2v) is 6.90. The summed E-state index contributed by atoms with van der Waals surface area (Å²) in [6.45, 7) is 4.49. The third-order valence-corrected chi connectivity index (χ3v) is 5.13. The van der Waals surface area contributed by atoms with Crippen LogP contribution in [0.4, 0.5) is 5.95 Å². The second kappa shape index (κ2) is 7.36. The molecule has 9 nitrogen and oxygen atoms in total. The lowest BCUT2D eigenvalue weighted by atomic mass is 9.91. The number of rotatable bonds is 4. The van der Waals surface area contributed by atoms with E-state index in [1.165, 1.54) is 10.9 Å². The van der Waals surface area contributed by atoms with E-state index in [4.69, 9.17) is 4.74 Å². The molecule has 2 fully saturated rings. The van der Waals surface area contributed by atoms with E-state index in [1.807, 2.05) is 6.07 Å². The normalized spacial score (nSPS) is 23.5. The van der Waals surface area contributed by atoms with Crippen LogP contribution in [-0.2, 0) is 7.05 Å². The fourth-order valence-corrected chi connectivity index (χ4v) is 3.68. The van der Waals surface area contributed by atoms with E-state index in [1.54, 1.807) is 19.4 Å². The zero-order valence-corrected chi connectivity index (χ0v) is 14.9. The highest BCUT2D eigenvalue weighted by atomic mass is 16.5. The number of hydrogen-bond acceptors (Lipinski definition) is 8. The van der Waals surface area contributed by atoms with Crippen molar-refractivity contribution in [3.8, 4) is 5.88 Å². The van der Waals surface area contributed by atoms with Gasteiger partial charge < -0.3 is 9.64 Å². The molecule has 0 aromatic carbocycles. The molecule has 2 saturated heterocycles. The summed E-state index contributed by atoms with van der Waals surface area (Å²) in [5, 5.41) is 3.93. The van der Waals surface area contributed by atoms with Crippen molar-refractivity contribution in [3.63, 3.8) is 0 Å². The summed E-state index contributed by atoms with van der Waals surface area (Å²) < 4.78 is 6.90. The van der Waals surface area contributed by atoms with Gasteiger partial charge in [0.25, 0.3) is 0 Å². The van der Waals surface area contributed by atoms with Gasteiger partial charge in [0, 0.05) is 57.6 Å². The van der Waals surface area contributed by atoms with Crippen molar-refractivity contribution in [2.45, 2.75) is 18.9 Å². The number of aryl methyl sites for hydroxylation is 1. The molecule has 2 aliphatic heterocycles. The Bertz CT molecular complexity index is 797. The molecular formula is C17H23N7O2. The van der Waals surface area contributed by atoms with E-state index in [0.717, 1.165) is 45.0 Å². The molecule has 0 N–H and O–H groups in total. The van der Waals surface area contributed by atoms with Crippen LogP contribution in [0, 0.1) is 5.92 Å². The molecule has 0 bridgehead atoms. The number of hydrogen-bond donors (Lipinski definition) is 0. The van der Waals surface area contributed by atoms with Crippen LogP contribution in [0.1, 0.15) is 12.8 Å². The van der Waals surface area contributed by atoms with Crippen LogP contribution in [0.15, 0.2) is 29.5 Å². The minimum absolute atomic E-state index is 0.307. The van der Waals surface area contributed by atoms with Crippen LogP contribution >= 0.6 is 0 Å². The number of aromatic nitrogens is 5. The van der Waals surface area contributed by atoms with Gasteiger partial charge in [-0.25, -0.2) is 19.4 Å². The number of anilines is 1. The molecule has 2 aliphatic rings. The average molecular weight is 357 g/mol. The Morgan fingerprint density at radius 2 is 2.04 bits per heavy atom. The molecule has 4 rings (SSSR count). The highest BCUT2D eigenvalue weighted by Gasteiger charge is 2.33. The molecule has 0 unspecified atom stereocenters. The minimum atomic E-state index is -0.398. The summed E-state index contributed by atoms with van der Waals surface area (Å²) in [5.74, 6) is 1.57. The molecular weight excluding hydrogens is 334 g/mol. The molecule has 2 atom stereocenters. The molecule has 0 aliphatic carbocycles. The van der Waals surface area contributed by atoms with E-state index in [-0.39, 0.29) is 0 Å². The van der Waals surface area contributed by atoms with Gasteiger partial charge in [-0.3, -0.25) is 4.90 Å². The summed E-state index contributed by atoms with van der Waals surface area (Å²) in [4.78, 5) is 28.9. The van der Waals surface area contributed by atoms with Gasteiger partial charge in [0.15, 0.2) is 0 Å². The largest absolute Gasteiger partial charge is 0.476 e. The standard InChI is InChI=1S/C17H23N7O2/c1-22-17(25)21-15(9-20-22)26-12-13-3-4-14-11-24(8-7-23(14)10-13)16-18-5-2-6-19-16/h2,5-6,9,13-14H,3-4,7-8,10-12H2,1H3/t13-,14-/m1/s1. The fraction of sp³-hybridized carbons (Fsp3) is 0.588. The first kappa shape index (κ1) is 16.9. The highest BCUT2D eigenvalue weighted by molar-refractivity contribution is 5.30. The maximum absolute atomic E-state index is 11.5. The minimum Gasteiger partial charge on any atom is -0.476 e. The lowest BCUT2D eigenvalue weighted by molar-refractivity contribution is 0.0712. The molecule has 4 heterocycles. The van der Waals surface area contributed by atoms with Crippen LogP contribution in [0.25, 0.3) is 0 Å². The van der Waals surface area contributed by atoms with Gasteiger partial charge in [0.1, 0.15) is 6.20 Å². The van der Waals surface area contributed by atoms with Gasteiger partial charge in [-0.05, 0) is 18.9 Å². The highest BCUT2D eigenvalue weighted by Crippen LogP contribution is 2.26. The predicted molar refractivity (Wildman–Crippen MR) is 95.1 cm³/mol. The number of piperidine rings is 1. The third kappa shape index (κ3) is 3.67. The van der Waals surface area contributed by atoms with E-state index < -0.39 is 5.69 Å². The summed E-state index contributed by atoms with van der Waals surface area (Å²) in [6.07, 6.45) is 7.31. The number of ether oxygens (including phenoxy) is 1. The summed E-state index contributed by atoms with van der Waals surface area (Å²) >= 11 is 0. The third-order valence-electron chi connectivity index (χ3n) is 5.13. The predicted octanol–water partition coefficient (Wildman–Crippen LogP) is -0.0551. The molecule has 9 heteroatoms. The van der Waals surface area contributed by atoms with Crippen LogP contribution in [0.3, 0.4) is 0 Å². The number of nitrogens with zero attached hydrogens (tertiary/aromatic N) is 7. The van der Waals surface area contributed by atoms with Crippen molar-refractivity contribution >= 4 is 5.95 Å². The van der Waals surface area contributed by atoms with Gasteiger partial charge in [-0.15, -0.1) is 0 Å². The second-order valence-electron chi connectivity index (χ2n) is 6.90. The summed E-state index contributed by atoms with van der Waals surface area (Å²) in [5.41, 5.74) is -0.398. The van der Waals surface area contributed by atoms with Crippen molar-refractivity contribution in [3.05, 3.63) is 35.1 Å². The molecule has 0 radical (unpaired) electrons. The molecule has 2 aromatic heterocycles. The number of fused-ring (bicyclic) bond motifs is 1. The Kier molecular flexibility index (Phi) is 4.79. The van der Waals surface area contributed by atoms with Crippen LogP contribution in [0.2, 0.25) is 0 Å². The van der Waals surface area contributed by atoms with Crippen molar-refractivity contribution in [2.24, 2.45) is 13.0 Å². The van der Waals surface area contributed by atoms with E-state index in [9.17, 15) is 4.79 Å². The van der Waals surface area contributed by atoms with Crippen LogP contribution < -0.4 is 15.3 Å². The van der Waals surface area contributed by atoms with Gasteiger partial charge >= 0.3 is 5.69 Å². The van der Waals surface area contributed by atoms with Crippen molar-refractivity contribution in [2.75, 3.05) is 37.7 Å². The molecule has 2 aromatic rings. The molecule has 0 amide bonds. The summed E-state index contributed by atoms with van der Waals surface area (Å²) in [6, 6.07) is 2.38. The first-order valence-electron chi connectivity index (χ1n) is 8.98. The molecule has 138 valence electrons. The van der Waals surface area contributed by atoms with E-state index in [0.29, 0.717) is 24.4 Å². The maximum Gasteiger partial charge on any atom is 0.366 e.